The standard InChI is InChI=1S/C20H18N4OS2/c25-19(11-16-14-27-20(23-16)18-7-4-10-26-18)21-9-8-15-12-22-24(13-15)17-5-2-1-3-6-17/h1-7,10,12-14H,8-9,11H2,(H,21,25). The first kappa shape index (κ1) is 17.6. The lowest BCUT2D eigenvalue weighted by Crippen LogP contribution is -2.27. The molecule has 5 nitrogen and oxygen atoms in total. The maximum absolute atomic E-state index is 12.2. The van der Waals surface area contributed by atoms with Gasteiger partial charge in [0.05, 0.1) is 28.9 Å². The van der Waals surface area contributed by atoms with E-state index in [4.69, 9.17) is 0 Å². The number of hydrogen-bond acceptors (Lipinski definition) is 5. The van der Waals surface area contributed by atoms with Gasteiger partial charge in [-0.05, 0) is 35.6 Å². The van der Waals surface area contributed by atoms with E-state index in [1.165, 1.54) is 0 Å². The first-order valence-corrected chi connectivity index (χ1v) is 10.4. The third kappa shape index (κ3) is 4.50. The number of benzene rings is 1. The summed E-state index contributed by atoms with van der Waals surface area (Å²) in [5.74, 6) is -0.00604. The van der Waals surface area contributed by atoms with Gasteiger partial charge in [-0.25, -0.2) is 9.67 Å². The summed E-state index contributed by atoms with van der Waals surface area (Å²) in [4.78, 5) is 17.9. The van der Waals surface area contributed by atoms with Gasteiger partial charge in [0, 0.05) is 18.1 Å². The second-order valence-electron chi connectivity index (χ2n) is 6.03. The number of nitrogens with one attached hydrogen (secondary N) is 1. The van der Waals surface area contributed by atoms with Gasteiger partial charge in [0.1, 0.15) is 5.01 Å². The smallest absolute Gasteiger partial charge is 0.226 e. The second-order valence-corrected chi connectivity index (χ2v) is 7.83. The average Bonchev–Trinajstić information content (AvgIpc) is 3.44. The first-order chi connectivity index (χ1) is 13.3. The molecule has 1 amide bonds. The van der Waals surface area contributed by atoms with Crippen molar-refractivity contribution in [2.75, 3.05) is 6.54 Å². The SMILES string of the molecule is O=C(Cc1csc(-c2cccs2)n1)NCCc1cnn(-c2ccccc2)c1. The number of thiophene rings is 1. The second kappa shape index (κ2) is 8.28. The van der Waals surface area contributed by atoms with E-state index in [1.54, 1.807) is 22.7 Å². The van der Waals surface area contributed by atoms with Crippen LogP contribution in [0.2, 0.25) is 0 Å². The Morgan fingerprint density at radius 1 is 1.11 bits per heavy atom. The number of hydrogen-bond donors (Lipinski definition) is 1. The highest BCUT2D eigenvalue weighted by Crippen LogP contribution is 2.27. The van der Waals surface area contributed by atoms with E-state index in [1.807, 2.05) is 70.3 Å². The summed E-state index contributed by atoms with van der Waals surface area (Å²) in [6.45, 7) is 0.585. The number of para-hydroxylation sites is 1. The molecule has 0 spiro atoms. The van der Waals surface area contributed by atoms with Crippen LogP contribution in [0, 0.1) is 0 Å². The fourth-order valence-corrected chi connectivity index (χ4v) is 4.32. The van der Waals surface area contributed by atoms with Crippen LogP contribution in [0.1, 0.15) is 11.3 Å². The maximum Gasteiger partial charge on any atom is 0.226 e. The van der Waals surface area contributed by atoms with Crippen molar-refractivity contribution in [2.45, 2.75) is 12.8 Å². The van der Waals surface area contributed by atoms with E-state index in [9.17, 15) is 4.79 Å². The number of nitrogens with zero attached hydrogens (tertiary/aromatic N) is 3. The largest absolute Gasteiger partial charge is 0.355 e. The lowest BCUT2D eigenvalue weighted by Gasteiger charge is -2.03. The molecule has 0 atom stereocenters. The van der Waals surface area contributed by atoms with Crippen molar-refractivity contribution in [1.82, 2.24) is 20.1 Å². The summed E-state index contributed by atoms with van der Waals surface area (Å²) < 4.78 is 1.85. The van der Waals surface area contributed by atoms with Crippen molar-refractivity contribution in [1.29, 1.82) is 0 Å². The Morgan fingerprint density at radius 2 is 2.00 bits per heavy atom. The van der Waals surface area contributed by atoms with Gasteiger partial charge in [0.15, 0.2) is 0 Å². The monoisotopic (exact) mass is 394 g/mol. The van der Waals surface area contributed by atoms with Crippen LogP contribution in [0.5, 0.6) is 0 Å². The molecule has 27 heavy (non-hydrogen) atoms. The molecule has 0 radical (unpaired) electrons. The van der Waals surface area contributed by atoms with Crippen LogP contribution in [0.25, 0.3) is 15.6 Å². The molecule has 1 aromatic carbocycles. The summed E-state index contributed by atoms with van der Waals surface area (Å²) in [7, 11) is 0. The Bertz CT molecular complexity index is 1010. The van der Waals surface area contributed by atoms with Gasteiger partial charge in [0.25, 0.3) is 0 Å². The molecule has 0 saturated carbocycles. The van der Waals surface area contributed by atoms with Crippen molar-refractivity contribution < 1.29 is 4.79 Å². The molecule has 0 bridgehead atoms. The lowest BCUT2D eigenvalue weighted by molar-refractivity contribution is -0.120. The third-order valence-corrected chi connectivity index (χ3v) is 5.95. The predicted octanol–water partition coefficient (Wildman–Crippen LogP) is 3.96. The molecule has 4 aromatic rings. The first-order valence-electron chi connectivity index (χ1n) is 8.62. The van der Waals surface area contributed by atoms with Crippen LogP contribution in [0.4, 0.5) is 0 Å². The van der Waals surface area contributed by atoms with Crippen LogP contribution in [0.3, 0.4) is 0 Å². The summed E-state index contributed by atoms with van der Waals surface area (Å²) in [6.07, 6.45) is 4.89. The summed E-state index contributed by atoms with van der Waals surface area (Å²) in [5, 5.41) is 12.3. The molecule has 7 heteroatoms. The van der Waals surface area contributed by atoms with E-state index in [-0.39, 0.29) is 5.91 Å². The van der Waals surface area contributed by atoms with Gasteiger partial charge < -0.3 is 5.32 Å². The molecule has 4 rings (SSSR count). The number of thiazole rings is 1. The Kier molecular flexibility index (Phi) is 5.41. The zero-order chi connectivity index (χ0) is 18.5. The molecule has 0 aliphatic carbocycles. The molecule has 0 aliphatic rings. The zero-order valence-corrected chi connectivity index (χ0v) is 16.2. The van der Waals surface area contributed by atoms with E-state index < -0.39 is 0 Å². The van der Waals surface area contributed by atoms with Crippen LogP contribution >= 0.6 is 22.7 Å². The van der Waals surface area contributed by atoms with Crippen LogP contribution in [-0.4, -0.2) is 27.2 Å². The lowest BCUT2D eigenvalue weighted by atomic mass is 10.2. The predicted molar refractivity (Wildman–Crippen MR) is 109 cm³/mol. The Balaban J connectivity index is 1.26. The van der Waals surface area contributed by atoms with Crippen molar-refractivity contribution >= 4 is 28.6 Å². The minimum atomic E-state index is -0.00604. The molecule has 3 aromatic heterocycles. The quantitative estimate of drug-likeness (QED) is 0.516. The maximum atomic E-state index is 12.2. The van der Waals surface area contributed by atoms with Gasteiger partial charge in [-0.3, -0.25) is 4.79 Å². The molecule has 0 unspecified atom stereocenters. The minimum Gasteiger partial charge on any atom is -0.355 e. The van der Waals surface area contributed by atoms with Gasteiger partial charge in [0.2, 0.25) is 5.91 Å². The fraction of sp³-hybridized carbons (Fsp3) is 0.150. The van der Waals surface area contributed by atoms with Crippen LogP contribution in [-0.2, 0) is 17.6 Å². The topological polar surface area (TPSA) is 59.8 Å². The normalized spacial score (nSPS) is 10.8. The zero-order valence-electron chi connectivity index (χ0n) is 14.5. The summed E-state index contributed by atoms with van der Waals surface area (Å²) >= 11 is 3.24. The van der Waals surface area contributed by atoms with Gasteiger partial charge in [-0.15, -0.1) is 22.7 Å². The summed E-state index contributed by atoms with van der Waals surface area (Å²) in [5.41, 5.74) is 2.93. The molecular weight excluding hydrogens is 376 g/mol. The van der Waals surface area contributed by atoms with E-state index in [2.05, 4.69) is 15.4 Å². The highest BCUT2D eigenvalue weighted by molar-refractivity contribution is 7.20. The molecule has 1 N–H and O–H groups in total. The molecule has 3 heterocycles. The van der Waals surface area contributed by atoms with Gasteiger partial charge in [-0.1, -0.05) is 24.3 Å². The Labute approximate surface area is 165 Å². The number of aromatic nitrogens is 3. The van der Waals surface area contributed by atoms with Crippen LogP contribution < -0.4 is 5.32 Å². The Hall–Kier alpha value is -2.77. The van der Waals surface area contributed by atoms with E-state index in [0.717, 1.165) is 33.3 Å². The van der Waals surface area contributed by atoms with Gasteiger partial charge >= 0.3 is 0 Å². The third-order valence-electron chi connectivity index (χ3n) is 4.02. The molecule has 0 aliphatic heterocycles. The fourth-order valence-electron chi connectivity index (χ4n) is 2.69. The van der Waals surface area contributed by atoms with Crippen molar-refractivity contribution in [3.63, 3.8) is 0 Å². The van der Waals surface area contributed by atoms with Crippen molar-refractivity contribution in [2.24, 2.45) is 0 Å². The van der Waals surface area contributed by atoms with Crippen LogP contribution in [0.15, 0.2) is 65.6 Å². The summed E-state index contributed by atoms with van der Waals surface area (Å²) in [6, 6.07) is 14.0. The Morgan fingerprint density at radius 3 is 2.81 bits per heavy atom. The van der Waals surface area contributed by atoms with E-state index in [0.29, 0.717) is 13.0 Å². The number of rotatable bonds is 7. The van der Waals surface area contributed by atoms with Gasteiger partial charge in [-0.2, -0.15) is 5.10 Å². The molecular formula is C20H18N4OS2. The molecule has 136 valence electrons. The number of carbonyl (C=O) groups is 1. The van der Waals surface area contributed by atoms with Crippen molar-refractivity contribution in [3.05, 3.63) is 76.9 Å². The highest BCUT2D eigenvalue weighted by Gasteiger charge is 2.09. The highest BCUT2D eigenvalue weighted by atomic mass is 32.1. The molecule has 0 saturated heterocycles. The van der Waals surface area contributed by atoms with Crippen molar-refractivity contribution in [3.8, 4) is 15.6 Å². The molecule has 0 fully saturated rings. The number of amides is 1. The minimum absolute atomic E-state index is 0.00604. The van der Waals surface area contributed by atoms with E-state index >= 15 is 0 Å². The average molecular weight is 395 g/mol. The number of carbonyl (C=O) groups excluding carboxylic acids is 1.